The topological polar surface area (TPSA) is 74.7 Å². The van der Waals surface area contributed by atoms with Gasteiger partial charge in [-0.3, -0.25) is 0 Å². The summed E-state index contributed by atoms with van der Waals surface area (Å²) in [5.74, 6) is 2.68. The fourth-order valence-corrected chi connectivity index (χ4v) is 2.76. The number of halogens is 1. The fraction of sp³-hybridized carbons (Fsp3) is 0.273. The smallest absolute Gasteiger partial charge is 0.321 e. The molecule has 0 aliphatic rings. The Morgan fingerprint density at radius 2 is 1.63 bits per heavy atom. The maximum absolute atomic E-state index is 5.84. The van der Waals surface area contributed by atoms with Crippen LogP contribution in [0.1, 0.15) is 11.1 Å². The van der Waals surface area contributed by atoms with Crippen LogP contribution in [0.4, 0.5) is 5.82 Å². The molecule has 0 aliphatic heterocycles. The van der Waals surface area contributed by atoms with Crippen molar-refractivity contribution in [3.05, 3.63) is 65.7 Å². The lowest BCUT2D eigenvalue weighted by atomic mass is 10.1. The minimum absolute atomic E-state index is 0. The summed E-state index contributed by atoms with van der Waals surface area (Å²) in [4.78, 5) is 8.59. The van der Waals surface area contributed by atoms with Gasteiger partial charge in [0.15, 0.2) is 0 Å². The van der Waals surface area contributed by atoms with Crippen molar-refractivity contribution in [2.45, 2.75) is 13.0 Å². The molecule has 0 bridgehead atoms. The molecule has 7 nitrogen and oxygen atoms in total. The van der Waals surface area contributed by atoms with Crippen LogP contribution in [0.3, 0.4) is 0 Å². The number of nitrogens with one attached hydrogen (secondary N) is 1. The van der Waals surface area contributed by atoms with Gasteiger partial charge in [0, 0.05) is 18.2 Å². The molecule has 2 aromatic carbocycles. The third-order valence-corrected chi connectivity index (χ3v) is 4.31. The van der Waals surface area contributed by atoms with Gasteiger partial charge in [0.05, 0.1) is 21.3 Å². The Labute approximate surface area is 182 Å². The van der Waals surface area contributed by atoms with Gasteiger partial charge in [0.1, 0.15) is 23.9 Å². The number of aromatic nitrogens is 2. The third kappa shape index (κ3) is 6.42. The molecule has 0 fully saturated rings. The average Bonchev–Trinajstić information content (AvgIpc) is 2.78. The fourth-order valence-electron chi connectivity index (χ4n) is 2.76. The number of ether oxygens (including phenoxy) is 4. The van der Waals surface area contributed by atoms with Gasteiger partial charge in [0.25, 0.3) is 0 Å². The monoisotopic (exact) mass is 431 g/mol. The summed E-state index contributed by atoms with van der Waals surface area (Å²) in [5, 5.41) is 3.29. The van der Waals surface area contributed by atoms with E-state index in [1.807, 2.05) is 48.5 Å². The van der Waals surface area contributed by atoms with Gasteiger partial charge < -0.3 is 24.3 Å². The molecule has 1 aromatic heterocycles. The van der Waals surface area contributed by atoms with Crippen molar-refractivity contribution in [1.29, 1.82) is 0 Å². The summed E-state index contributed by atoms with van der Waals surface area (Å²) in [7, 11) is 4.82. The second-order valence-electron chi connectivity index (χ2n) is 6.20. The van der Waals surface area contributed by atoms with Gasteiger partial charge in [-0.15, -0.1) is 12.4 Å². The zero-order chi connectivity index (χ0) is 20.5. The Balaban J connectivity index is 0.00000320. The van der Waals surface area contributed by atoms with Crippen LogP contribution in [-0.2, 0) is 13.0 Å². The second kappa shape index (κ2) is 11.7. The largest absolute Gasteiger partial charge is 0.497 e. The number of benzene rings is 2. The van der Waals surface area contributed by atoms with Gasteiger partial charge in [-0.05, 0) is 30.2 Å². The zero-order valence-electron chi connectivity index (χ0n) is 17.3. The highest BCUT2D eigenvalue weighted by atomic mass is 35.5. The van der Waals surface area contributed by atoms with Crippen LogP contribution in [0.15, 0.2) is 54.6 Å². The van der Waals surface area contributed by atoms with Crippen LogP contribution in [0, 0.1) is 0 Å². The summed E-state index contributed by atoms with van der Waals surface area (Å²) < 4.78 is 21.6. The Kier molecular flexibility index (Phi) is 9.03. The third-order valence-electron chi connectivity index (χ3n) is 4.31. The Morgan fingerprint density at radius 1 is 0.867 bits per heavy atom. The number of hydrogen-bond donors (Lipinski definition) is 1. The Bertz CT molecular complexity index is 923. The molecular formula is C22H26ClN3O4. The summed E-state index contributed by atoms with van der Waals surface area (Å²) in [6, 6.07) is 17.7. The second-order valence-corrected chi connectivity index (χ2v) is 6.20. The van der Waals surface area contributed by atoms with Crippen molar-refractivity contribution < 1.29 is 18.9 Å². The van der Waals surface area contributed by atoms with E-state index in [0.29, 0.717) is 24.8 Å². The summed E-state index contributed by atoms with van der Waals surface area (Å²) in [5.41, 5.74) is 2.13. The number of anilines is 1. The molecule has 1 N–H and O–H groups in total. The molecule has 0 unspecified atom stereocenters. The molecule has 0 saturated heterocycles. The predicted octanol–water partition coefficient (Wildman–Crippen LogP) is 4.16. The van der Waals surface area contributed by atoms with E-state index >= 15 is 0 Å². The molecule has 30 heavy (non-hydrogen) atoms. The van der Waals surface area contributed by atoms with Crippen LogP contribution in [0.5, 0.6) is 23.4 Å². The highest BCUT2D eigenvalue weighted by molar-refractivity contribution is 5.85. The number of rotatable bonds is 10. The van der Waals surface area contributed by atoms with Crippen LogP contribution in [-0.4, -0.2) is 37.8 Å². The van der Waals surface area contributed by atoms with Crippen molar-refractivity contribution in [2.75, 3.05) is 33.2 Å². The zero-order valence-corrected chi connectivity index (χ0v) is 18.1. The Morgan fingerprint density at radius 3 is 2.33 bits per heavy atom. The van der Waals surface area contributed by atoms with Gasteiger partial charge in [-0.25, -0.2) is 0 Å². The van der Waals surface area contributed by atoms with E-state index in [-0.39, 0.29) is 18.4 Å². The minimum atomic E-state index is 0. The first kappa shape index (κ1) is 23.1. The number of para-hydroxylation sites is 1. The molecule has 0 radical (unpaired) electrons. The molecule has 3 rings (SSSR count). The van der Waals surface area contributed by atoms with Crippen LogP contribution in [0.2, 0.25) is 0 Å². The average molecular weight is 432 g/mol. The van der Waals surface area contributed by atoms with Gasteiger partial charge in [-0.2, -0.15) is 9.97 Å². The van der Waals surface area contributed by atoms with E-state index in [4.69, 9.17) is 18.9 Å². The first-order valence-corrected chi connectivity index (χ1v) is 9.26. The standard InChI is InChI=1S/C22H25N3O4.ClH/c1-26-18-10-8-16(9-11-18)12-13-23-20-14-21(25-22(24-20)28-3)29-15-17-6-4-5-7-19(17)27-2;/h4-11,14H,12-13,15H2,1-3H3,(H,23,24,25);1H. The maximum atomic E-state index is 5.84. The van der Waals surface area contributed by atoms with E-state index in [1.165, 1.54) is 12.7 Å². The Hall–Kier alpha value is -3.19. The number of methoxy groups -OCH3 is 3. The highest BCUT2D eigenvalue weighted by Crippen LogP contribution is 2.22. The van der Waals surface area contributed by atoms with E-state index < -0.39 is 0 Å². The normalized spacial score (nSPS) is 9.97. The molecule has 8 heteroatoms. The molecule has 0 aliphatic carbocycles. The van der Waals surface area contributed by atoms with Crippen molar-refractivity contribution in [3.63, 3.8) is 0 Å². The molecular weight excluding hydrogens is 406 g/mol. The maximum Gasteiger partial charge on any atom is 0.321 e. The van der Waals surface area contributed by atoms with E-state index in [9.17, 15) is 0 Å². The summed E-state index contributed by atoms with van der Waals surface area (Å²) >= 11 is 0. The van der Waals surface area contributed by atoms with Gasteiger partial charge >= 0.3 is 6.01 Å². The highest BCUT2D eigenvalue weighted by Gasteiger charge is 2.08. The lowest BCUT2D eigenvalue weighted by Crippen LogP contribution is -2.08. The summed E-state index contributed by atoms with van der Waals surface area (Å²) in [6.07, 6.45) is 0.841. The molecule has 0 atom stereocenters. The molecule has 0 saturated carbocycles. The molecule has 3 aromatic rings. The first-order valence-electron chi connectivity index (χ1n) is 9.26. The van der Waals surface area contributed by atoms with Gasteiger partial charge in [-0.1, -0.05) is 30.3 Å². The van der Waals surface area contributed by atoms with Crippen molar-refractivity contribution in [2.24, 2.45) is 0 Å². The quantitative estimate of drug-likeness (QED) is 0.516. The van der Waals surface area contributed by atoms with E-state index in [1.54, 1.807) is 20.3 Å². The first-order chi connectivity index (χ1) is 14.2. The molecule has 0 amide bonds. The molecule has 160 valence electrons. The van der Waals surface area contributed by atoms with Crippen molar-refractivity contribution >= 4 is 18.2 Å². The number of hydrogen-bond acceptors (Lipinski definition) is 7. The van der Waals surface area contributed by atoms with Crippen LogP contribution >= 0.6 is 12.4 Å². The molecule has 1 heterocycles. The van der Waals surface area contributed by atoms with Gasteiger partial charge in [0.2, 0.25) is 5.88 Å². The predicted molar refractivity (Wildman–Crippen MR) is 118 cm³/mol. The van der Waals surface area contributed by atoms with Crippen molar-refractivity contribution in [1.82, 2.24) is 9.97 Å². The lowest BCUT2D eigenvalue weighted by molar-refractivity contribution is 0.277. The molecule has 0 spiro atoms. The SMILES string of the molecule is COc1ccc(CCNc2cc(OCc3ccccc3OC)nc(OC)n2)cc1.Cl. The van der Waals surface area contributed by atoms with E-state index in [2.05, 4.69) is 15.3 Å². The number of nitrogens with zero attached hydrogens (tertiary/aromatic N) is 2. The van der Waals surface area contributed by atoms with Crippen LogP contribution in [0.25, 0.3) is 0 Å². The van der Waals surface area contributed by atoms with Crippen LogP contribution < -0.4 is 24.3 Å². The lowest BCUT2D eigenvalue weighted by Gasteiger charge is -2.12. The summed E-state index contributed by atoms with van der Waals surface area (Å²) in [6.45, 7) is 1.04. The minimum Gasteiger partial charge on any atom is -0.497 e. The van der Waals surface area contributed by atoms with Crippen molar-refractivity contribution in [3.8, 4) is 23.4 Å². The van der Waals surface area contributed by atoms with E-state index in [0.717, 1.165) is 23.5 Å².